The van der Waals surface area contributed by atoms with Crippen molar-refractivity contribution in [2.75, 3.05) is 5.88 Å². The zero-order chi connectivity index (χ0) is 23.5. The minimum atomic E-state index is -0.657. The Morgan fingerprint density at radius 2 is 1.91 bits per heavy atom. The number of benzene rings is 1. The highest BCUT2D eigenvalue weighted by molar-refractivity contribution is 7.19. The molecule has 2 heterocycles. The molecule has 1 amide bonds. The van der Waals surface area contributed by atoms with Crippen LogP contribution in [0.5, 0.6) is 0 Å². The van der Waals surface area contributed by atoms with E-state index in [9.17, 15) is 4.79 Å². The van der Waals surface area contributed by atoms with Crippen molar-refractivity contribution in [3.8, 4) is 11.3 Å². The number of aliphatic imine (C=N–C) groups is 1. The predicted molar refractivity (Wildman–Crippen MR) is 141 cm³/mol. The third-order valence-corrected chi connectivity index (χ3v) is 7.86. The van der Waals surface area contributed by atoms with E-state index in [-0.39, 0.29) is 5.91 Å². The fraction of sp³-hybridized carbons (Fsp3) is 0.481. The van der Waals surface area contributed by atoms with Crippen molar-refractivity contribution in [1.82, 2.24) is 4.98 Å². The molecule has 1 N–H and O–H groups in total. The number of aromatic amines is 1. The lowest BCUT2D eigenvalue weighted by atomic mass is 9.90. The topological polar surface area (TPSA) is 45.2 Å². The lowest BCUT2D eigenvalue weighted by molar-refractivity contribution is -0.122. The number of amides is 1. The van der Waals surface area contributed by atoms with Gasteiger partial charge in [-0.05, 0) is 82.2 Å². The second kappa shape index (κ2) is 10.4. The zero-order valence-corrected chi connectivity index (χ0v) is 21.7. The molecule has 0 aliphatic heterocycles. The second-order valence-corrected chi connectivity index (χ2v) is 10.9. The Balaban J connectivity index is 1.92. The SMILES string of the molecule is CCC(C)CCC=NC(=O)C(C)(C)c1cc2c(CCCl)c(-c3cc(C)cc(C)c3)[nH]c2s1. The molecule has 1 atom stereocenters. The summed E-state index contributed by atoms with van der Waals surface area (Å²) in [7, 11) is 0. The van der Waals surface area contributed by atoms with Gasteiger partial charge in [0.05, 0.1) is 11.1 Å². The van der Waals surface area contributed by atoms with Crippen molar-refractivity contribution < 1.29 is 4.79 Å². The van der Waals surface area contributed by atoms with Crippen LogP contribution < -0.4 is 0 Å². The zero-order valence-electron chi connectivity index (χ0n) is 20.1. The maximum absolute atomic E-state index is 12.9. The number of aromatic nitrogens is 1. The van der Waals surface area contributed by atoms with Crippen LogP contribution in [0.25, 0.3) is 21.5 Å². The molecular weight excluding hydrogens is 436 g/mol. The number of thiophene rings is 1. The summed E-state index contributed by atoms with van der Waals surface area (Å²) in [5, 5.41) is 1.17. The Morgan fingerprint density at radius 3 is 2.53 bits per heavy atom. The summed E-state index contributed by atoms with van der Waals surface area (Å²) in [6.45, 7) is 12.6. The largest absolute Gasteiger partial charge is 0.346 e. The Hall–Kier alpha value is -1.91. The first-order chi connectivity index (χ1) is 15.2. The van der Waals surface area contributed by atoms with Gasteiger partial charge in [-0.2, -0.15) is 0 Å². The molecule has 1 aromatic carbocycles. The van der Waals surface area contributed by atoms with Gasteiger partial charge in [0.2, 0.25) is 0 Å². The number of nitrogens with one attached hydrogen (secondary N) is 1. The summed E-state index contributed by atoms with van der Waals surface area (Å²) in [6, 6.07) is 8.77. The van der Waals surface area contributed by atoms with Crippen LogP contribution in [0.3, 0.4) is 0 Å². The van der Waals surface area contributed by atoms with Gasteiger partial charge in [0.25, 0.3) is 5.91 Å². The van der Waals surface area contributed by atoms with Crippen LogP contribution in [0, 0.1) is 19.8 Å². The molecule has 0 saturated heterocycles. The molecule has 0 spiro atoms. The third-order valence-electron chi connectivity index (χ3n) is 6.30. The van der Waals surface area contributed by atoms with Crippen LogP contribution in [0.4, 0.5) is 0 Å². The van der Waals surface area contributed by atoms with Gasteiger partial charge in [0.1, 0.15) is 4.83 Å². The number of fused-ring (bicyclic) bond motifs is 1. The van der Waals surface area contributed by atoms with E-state index in [2.05, 4.69) is 61.9 Å². The number of carbonyl (C=O) groups excluding carboxylic acids is 1. The molecule has 0 aliphatic carbocycles. The number of carbonyl (C=O) groups is 1. The number of alkyl halides is 1. The first-order valence-electron chi connectivity index (χ1n) is 11.5. The summed E-state index contributed by atoms with van der Waals surface area (Å²) >= 11 is 7.83. The van der Waals surface area contributed by atoms with Gasteiger partial charge in [0, 0.05) is 22.4 Å². The molecule has 172 valence electrons. The van der Waals surface area contributed by atoms with E-state index in [1.54, 1.807) is 17.6 Å². The molecule has 32 heavy (non-hydrogen) atoms. The van der Waals surface area contributed by atoms with Crippen LogP contribution in [-0.4, -0.2) is 23.0 Å². The molecule has 3 aromatic rings. The van der Waals surface area contributed by atoms with Crippen molar-refractivity contribution in [2.45, 2.75) is 72.6 Å². The monoisotopic (exact) mass is 470 g/mol. The summed E-state index contributed by atoms with van der Waals surface area (Å²) in [5.41, 5.74) is 5.38. The van der Waals surface area contributed by atoms with Gasteiger partial charge < -0.3 is 4.98 Å². The van der Waals surface area contributed by atoms with Crippen LogP contribution in [-0.2, 0) is 16.6 Å². The lowest BCUT2D eigenvalue weighted by Gasteiger charge is -2.18. The van der Waals surface area contributed by atoms with Crippen molar-refractivity contribution in [3.05, 3.63) is 45.8 Å². The number of H-pyrrole nitrogens is 1. The van der Waals surface area contributed by atoms with Crippen molar-refractivity contribution >= 4 is 45.3 Å². The molecule has 3 nitrogen and oxygen atoms in total. The van der Waals surface area contributed by atoms with E-state index in [4.69, 9.17) is 11.6 Å². The minimum absolute atomic E-state index is 0.0843. The number of aryl methyl sites for hydroxylation is 3. The number of hydrogen-bond acceptors (Lipinski definition) is 2. The summed E-state index contributed by atoms with van der Waals surface area (Å²) in [6.07, 6.45) is 5.65. The van der Waals surface area contributed by atoms with E-state index >= 15 is 0 Å². The maximum atomic E-state index is 12.9. The van der Waals surface area contributed by atoms with Gasteiger partial charge in [-0.15, -0.1) is 22.9 Å². The van der Waals surface area contributed by atoms with Gasteiger partial charge in [-0.3, -0.25) is 4.79 Å². The highest BCUT2D eigenvalue weighted by Crippen LogP contribution is 2.40. The normalized spacial score (nSPS) is 13.3. The smallest absolute Gasteiger partial charge is 0.256 e. The molecule has 0 aliphatic rings. The van der Waals surface area contributed by atoms with Crippen LogP contribution in [0.15, 0.2) is 29.3 Å². The van der Waals surface area contributed by atoms with E-state index in [1.165, 1.54) is 27.6 Å². The van der Waals surface area contributed by atoms with E-state index in [0.717, 1.165) is 41.1 Å². The first kappa shape index (κ1) is 24.7. The highest BCUT2D eigenvalue weighted by Gasteiger charge is 2.32. The number of rotatable bonds is 9. The summed E-state index contributed by atoms with van der Waals surface area (Å²) in [4.78, 5) is 23.0. The molecule has 0 radical (unpaired) electrons. The molecular formula is C27H35ClN2OS. The lowest BCUT2D eigenvalue weighted by Crippen LogP contribution is -2.26. The van der Waals surface area contributed by atoms with Crippen LogP contribution in [0.2, 0.25) is 0 Å². The molecule has 0 bridgehead atoms. The van der Waals surface area contributed by atoms with Gasteiger partial charge in [-0.25, -0.2) is 4.99 Å². The highest BCUT2D eigenvalue weighted by atomic mass is 35.5. The average molecular weight is 471 g/mol. The molecule has 0 fully saturated rings. The van der Waals surface area contributed by atoms with Crippen LogP contribution in [0.1, 0.15) is 68.5 Å². The molecule has 2 aromatic heterocycles. The van der Waals surface area contributed by atoms with Gasteiger partial charge in [0.15, 0.2) is 0 Å². The fourth-order valence-electron chi connectivity index (χ4n) is 4.04. The number of halogens is 1. The Morgan fingerprint density at radius 1 is 1.22 bits per heavy atom. The number of nitrogens with zero attached hydrogens (tertiary/aromatic N) is 1. The fourth-order valence-corrected chi connectivity index (χ4v) is 5.41. The van der Waals surface area contributed by atoms with Crippen molar-refractivity contribution in [1.29, 1.82) is 0 Å². The molecule has 1 unspecified atom stereocenters. The van der Waals surface area contributed by atoms with E-state index in [0.29, 0.717) is 11.8 Å². The average Bonchev–Trinajstić information content (AvgIpc) is 3.30. The predicted octanol–water partition coefficient (Wildman–Crippen LogP) is 8.00. The van der Waals surface area contributed by atoms with E-state index < -0.39 is 5.41 Å². The summed E-state index contributed by atoms with van der Waals surface area (Å²) < 4.78 is 0. The van der Waals surface area contributed by atoms with Gasteiger partial charge >= 0.3 is 0 Å². The van der Waals surface area contributed by atoms with Gasteiger partial charge in [-0.1, -0.05) is 37.5 Å². The standard InChI is InChI=1S/C27H35ClN2OS/c1-7-17(2)9-8-12-29-26(31)27(5,6)23-16-22-21(10-11-28)24(30-25(22)32-23)20-14-18(3)13-19(4)15-20/h12-17,30H,7-11H2,1-6H3. The number of hydrogen-bond donors (Lipinski definition) is 1. The minimum Gasteiger partial charge on any atom is -0.346 e. The molecule has 3 rings (SSSR count). The molecule has 5 heteroatoms. The van der Waals surface area contributed by atoms with Crippen molar-refractivity contribution in [2.24, 2.45) is 10.9 Å². The Labute approximate surface area is 201 Å². The Bertz CT molecular complexity index is 1100. The Kier molecular flexibility index (Phi) is 8.00. The third kappa shape index (κ3) is 5.35. The van der Waals surface area contributed by atoms with Crippen LogP contribution >= 0.6 is 22.9 Å². The van der Waals surface area contributed by atoms with E-state index in [1.807, 2.05) is 13.8 Å². The first-order valence-corrected chi connectivity index (χ1v) is 12.9. The quantitative estimate of drug-likeness (QED) is 0.250. The summed E-state index contributed by atoms with van der Waals surface area (Å²) in [5.74, 6) is 1.13. The molecule has 0 saturated carbocycles. The second-order valence-electron chi connectivity index (χ2n) is 9.48. The maximum Gasteiger partial charge on any atom is 0.256 e. The van der Waals surface area contributed by atoms with Crippen molar-refractivity contribution in [3.63, 3.8) is 0 Å².